The van der Waals surface area contributed by atoms with Gasteiger partial charge in [-0.25, -0.2) is 0 Å². The van der Waals surface area contributed by atoms with Crippen molar-refractivity contribution in [1.29, 1.82) is 0 Å². The largest absolute Gasteiger partial charge is 0.481 e. The minimum absolute atomic E-state index is 0.0420. The molecular formula is C11H16N4O3S. The number of aliphatic carboxylic acids is 1. The first-order valence-electron chi connectivity index (χ1n) is 5.99. The van der Waals surface area contributed by atoms with Crippen LogP contribution in [0.2, 0.25) is 0 Å². The number of carboxylic acid groups (broad SMARTS) is 1. The Morgan fingerprint density at radius 3 is 2.89 bits per heavy atom. The minimum atomic E-state index is -0.881. The Kier molecular flexibility index (Phi) is 4.08. The molecule has 0 bridgehead atoms. The summed E-state index contributed by atoms with van der Waals surface area (Å²) in [5.41, 5.74) is 0. The highest BCUT2D eigenvalue weighted by Crippen LogP contribution is 2.27. The predicted octanol–water partition coefficient (Wildman–Crippen LogP) is 0.557. The number of hydrogen-bond acceptors (Lipinski definition) is 5. The van der Waals surface area contributed by atoms with E-state index in [0.29, 0.717) is 18.1 Å². The molecule has 1 atom stereocenters. The van der Waals surface area contributed by atoms with Gasteiger partial charge in [0, 0.05) is 20.0 Å². The van der Waals surface area contributed by atoms with Crippen molar-refractivity contribution < 1.29 is 14.7 Å². The average Bonchev–Trinajstić information content (AvgIpc) is 2.71. The van der Waals surface area contributed by atoms with E-state index in [2.05, 4.69) is 10.2 Å². The van der Waals surface area contributed by atoms with Gasteiger partial charge in [-0.3, -0.25) is 9.59 Å². The molecule has 8 heteroatoms. The fraction of sp³-hybridized carbons (Fsp3) is 0.636. The van der Waals surface area contributed by atoms with E-state index in [1.165, 1.54) is 0 Å². The van der Waals surface area contributed by atoms with E-state index >= 15 is 0 Å². The third-order valence-corrected chi connectivity index (χ3v) is 4.05. The maximum atomic E-state index is 11.5. The molecule has 7 nitrogen and oxygen atoms in total. The molecule has 0 aliphatic carbocycles. The van der Waals surface area contributed by atoms with Gasteiger partial charge < -0.3 is 14.6 Å². The van der Waals surface area contributed by atoms with Crippen LogP contribution in [-0.4, -0.2) is 56.0 Å². The number of thioether (sulfide) groups is 1. The number of hydrogen-bond donors (Lipinski definition) is 1. The number of piperidine rings is 1. The summed E-state index contributed by atoms with van der Waals surface area (Å²) < 4.78 is 1.94. The Morgan fingerprint density at radius 1 is 1.53 bits per heavy atom. The highest BCUT2D eigenvalue weighted by molar-refractivity contribution is 7.99. The quantitative estimate of drug-likeness (QED) is 0.813. The van der Waals surface area contributed by atoms with Gasteiger partial charge in [-0.1, -0.05) is 11.8 Å². The molecule has 0 spiro atoms. The molecule has 1 saturated heterocycles. The predicted molar refractivity (Wildman–Crippen MR) is 69.0 cm³/mol. The number of nitrogens with zero attached hydrogens (tertiary/aromatic N) is 4. The number of likely N-dealkylation sites (tertiary alicyclic amines) is 1. The average molecular weight is 284 g/mol. The second-order valence-electron chi connectivity index (χ2n) is 4.55. The molecule has 0 saturated carbocycles. The second kappa shape index (κ2) is 5.60. The Bertz CT molecular complexity index is 502. The zero-order valence-electron chi connectivity index (χ0n) is 10.9. The summed E-state index contributed by atoms with van der Waals surface area (Å²) in [7, 11) is 1.78. The van der Waals surface area contributed by atoms with Crippen LogP contribution in [0.15, 0.2) is 5.16 Å². The monoisotopic (exact) mass is 284 g/mol. The second-order valence-corrected chi connectivity index (χ2v) is 5.49. The molecule has 0 radical (unpaired) electrons. The van der Waals surface area contributed by atoms with Crippen molar-refractivity contribution in [3.63, 3.8) is 0 Å². The van der Waals surface area contributed by atoms with Crippen LogP contribution in [0.5, 0.6) is 0 Å². The van der Waals surface area contributed by atoms with Gasteiger partial charge in [0.15, 0.2) is 5.16 Å². The summed E-state index contributed by atoms with van der Waals surface area (Å²) in [5.74, 6) is -0.0323. The summed E-state index contributed by atoms with van der Waals surface area (Å²) >= 11 is 1.16. The fourth-order valence-electron chi connectivity index (χ4n) is 2.20. The van der Waals surface area contributed by atoms with Crippen LogP contribution in [0.4, 0.5) is 0 Å². The van der Waals surface area contributed by atoms with Crippen LogP contribution in [-0.2, 0) is 9.59 Å². The van der Waals surface area contributed by atoms with E-state index < -0.39 is 5.97 Å². The standard InChI is InChI=1S/C11H16N4O3S/c1-7-12-13-11(19-6-10(17)18)15(7)8-3-4-9(16)14(2)5-8/h8H,3-6H2,1-2H3,(H,17,18). The van der Waals surface area contributed by atoms with Crippen molar-refractivity contribution in [2.45, 2.75) is 31.0 Å². The molecule has 19 heavy (non-hydrogen) atoms. The van der Waals surface area contributed by atoms with Crippen molar-refractivity contribution in [2.75, 3.05) is 19.3 Å². The molecule has 1 unspecified atom stereocenters. The van der Waals surface area contributed by atoms with Crippen LogP contribution in [0, 0.1) is 6.92 Å². The van der Waals surface area contributed by atoms with E-state index in [1.54, 1.807) is 11.9 Å². The molecule has 2 heterocycles. The first-order valence-corrected chi connectivity index (χ1v) is 6.97. The van der Waals surface area contributed by atoms with Gasteiger partial charge in [0.25, 0.3) is 0 Å². The highest BCUT2D eigenvalue weighted by Gasteiger charge is 2.27. The van der Waals surface area contributed by atoms with Gasteiger partial charge in [0.05, 0.1) is 11.8 Å². The van der Waals surface area contributed by atoms with Gasteiger partial charge in [-0.05, 0) is 13.3 Å². The molecule has 1 aromatic rings. The Morgan fingerprint density at radius 2 is 2.26 bits per heavy atom. The van der Waals surface area contributed by atoms with Gasteiger partial charge in [0.1, 0.15) is 5.82 Å². The van der Waals surface area contributed by atoms with Gasteiger partial charge in [-0.15, -0.1) is 10.2 Å². The molecule has 104 valence electrons. The lowest BCUT2D eigenvalue weighted by Gasteiger charge is -2.31. The molecular weight excluding hydrogens is 268 g/mol. The van der Waals surface area contributed by atoms with Gasteiger partial charge >= 0.3 is 5.97 Å². The SMILES string of the molecule is Cc1nnc(SCC(=O)O)n1C1CCC(=O)N(C)C1. The summed E-state index contributed by atoms with van der Waals surface area (Å²) in [6, 6.07) is 0.119. The number of carbonyl (C=O) groups excluding carboxylic acids is 1. The number of likely N-dealkylation sites (N-methyl/N-ethyl adjacent to an activating group) is 1. The van der Waals surface area contributed by atoms with Gasteiger partial charge in [0.2, 0.25) is 5.91 Å². The molecule has 1 aliphatic rings. The van der Waals surface area contributed by atoms with Crippen molar-refractivity contribution >= 4 is 23.6 Å². The normalized spacial score (nSPS) is 19.8. The fourth-order valence-corrected chi connectivity index (χ4v) is 2.97. The summed E-state index contributed by atoms with van der Waals surface area (Å²) in [6.07, 6.45) is 1.24. The molecule has 0 aromatic carbocycles. The lowest BCUT2D eigenvalue weighted by Crippen LogP contribution is -2.38. The maximum Gasteiger partial charge on any atom is 0.313 e. The lowest BCUT2D eigenvalue weighted by molar-refractivity contribution is -0.134. The summed E-state index contributed by atoms with van der Waals surface area (Å²) in [6.45, 7) is 2.45. The van der Waals surface area contributed by atoms with E-state index in [-0.39, 0.29) is 17.7 Å². The number of aryl methyl sites for hydroxylation is 1. The Labute approximate surface area is 115 Å². The molecule has 2 rings (SSSR count). The van der Waals surface area contributed by atoms with Crippen LogP contribution >= 0.6 is 11.8 Å². The van der Waals surface area contributed by atoms with E-state index in [4.69, 9.17) is 5.11 Å². The molecule has 1 amide bonds. The molecule has 1 aromatic heterocycles. The van der Waals surface area contributed by atoms with E-state index in [9.17, 15) is 9.59 Å². The van der Waals surface area contributed by atoms with Crippen LogP contribution < -0.4 is 0 Å². The number of amides is 1. The van der Waals surface area contributed by atoms with Gasteiger partial charge in [-0.2, -0.15) is 0 Å². The van der Waals surface area contributed by atoms with Crippen LogP contribution in [0.3, 0.4) is 0 Å². The van der Waals surface area contributed by atoms with E-state index in [1.807, 2.05) is 11.5 Å². The molecule has 1 fully saturated rings. The van der Waals surface area contributed by atoms with Crippen LogP contribution in [0.25, 0.3) is 0 Å². The van der Waals surface area contributed by atoms with Crippen LogP contribution in [0.1, 0.15) is 24.7 Å². The number of aromatic nitrogens is 3. The zero-order valence-corrected chi connectivity index (χ0v) is 11.7. The summed E-state index contributed by atoms with van der Waals surface area (Å²) in [4.78, 5) is 23.8. The number of rotatable bonds is 4. The minimum Gasteiger partial charge on any atom is -0.481 e. The third kappa shape index (κ3) is 3.06. The highest BCUT2D eigenvalue weighted by atomic mass is 32.2. The van der Waals surface area contributed by atoms with Crippen molar-refractivity contribution in [2.24, 2.45) is 0 Å². The Balaban J connectivity index is 2.16. The zero-order chi connectivity index (χ0) is 14.0. The number of carbonyl (C=O) groups is 2. The van der Waals surface area contributed by atoms with Crippen molar-refractivity contribution in [3.8, 4) is 0 Å². The van der Waals surface area contributed by atoms with Crippen molar-refractivity contribution in [1.82, 2.24) is 19.7 Å². The first kappa shape index (κ1) is 13.9. The Hall–Kier alpha value is -1.57. The molecule has 1 N–H and O–H groups in total. The van der Waals surface area contributed by atoms with E-state index in [0.717, 1.165) is 24.0 Å². The number of carboxylic acids is 1. The maximum absolute atomic E-state index is 11.5. The van der Waals surface area contributed by atoms with Crippen molar-refractivity contribution in [3.05, 3.63) is 5.82 Å². The third-order valence-electron chi connectivity index (χ3n) is 3.13. The topological polar surface area (TPSA) is 88.3 Å². The molecule has 1 aliphatic heterocycles. The lowest BCUT2D eigenvalue weighted by atomic mass is 10.1. The summed E-state index contributed by atoms with van der Waals surface area (Å²) in [5, 5.41) is 17.4. The first-order chi connectivity index (χ1) is 8.99. The smallest absolute Gasteiger partial charge is 0.313 e.